The lowest BCUT2D eigenvalue weighted by Crippen LogP contribution is -2.16. The van der Waals surface area contributed by atoms with Gasteiger partial charge in [0.25, 0.3) is 5.91 Å². The molecule has 0 unspecified atom stereocenters. The van der Waals surface area contributed by atoms with E-state index in [9.17, 15) is 9.59 Å². The zero-order valence-electron chi connectivity index (χ0n) is 11.2. The van der Waals surface area contributed by atoms with Crippen LogP contribution in [0.2, 0.25) is 0 Å². The van der Waals surface area contributed by atoms with E-state index in [0.29, 0.717) is 23.6 Å². The Bertz CT molecular complexity index is 649. The average molecular weight is 272 g/mol. The molecule has 1 aromatic heterocycles. The van der Waals surface area contributed by atoms with Crippen LogP contribution in [-0.4, -0.2) is 17.5 Å². The molecule has 0 fully saturated rings. The Morgan fingerprint density at radius 1 is 1.30 bits per heavy atom. The maximum atomic E-state index is 12.1. The van der Waals surface area contributed by atoms with Gasteiger partial charge in [-0.05, 0) is 24.6 Å². The predicted octanol–water partition coefficient (Wildman–Crippen LogP) is 2.42. The largest absolute Gasteiger partial charge is 0.491 e. The number of ether oxygens (including phenoxy) is 1. The highest BCUT2D eigenvalue weighted by atomic mass is 16.5. The van der Waals surface area contributed by atoms with E-state index in [2.05, 4.69) is 10.3 Å². The second-order valence-electron chi connectivity index (χ2n) is 4.24. The van der Waals surface area contributed by atoms with Crippen LogP contribution in [0.5, 0.6) is 5.75 Å². The Hall–Kier alpha value is -2.56. The van der Waals surface area contributed by atoms with Gasteiger partial charge in [-0.25, -0.2) is 0 Å². The van der Waals surface area contributed by atoms with Crippen molar-refractivity contribution in [1.29, 1.82) is 0 Å². The Labute approximate surface area is 116 Å². The number of hydrogen-bond acceptors (Lipinski definition) is 3. The van der Waals surface area contributed by atoms with Crippen LogP contribution in [0.1, 0.15) is 23.7 Å². The van der Waals surface area contributed by atoms with Crippen molar-refractivity contribution in [3.8, 4) is 5.75 Å². The van der Waals surface area contributed by atoms with E-state index in [1.54, 1.807) is 18.2 Å². The molecular formula is C15H16N2O3. The summed E-state index contributed by atoms with van der Waals surface area (Å²) >= 11 is 0. The van der Waals surface area contributed by atoms with E-state index in [1.165, 1.54) is 12.3 Å². The molecule has 1 aromatic carbocycles. The van der Waals surface area contributed by atoms with Crippen LogP contribution in [0.25, 0.3) is 0 Å². The van der Waals surface area contributed by atoms with Gasteiger partial charge in [0, 0.05) is 17.8 Å². The smallest absolute Gasteiger partial charge is 0.256 e. The quantitative estimate of drug-likeness (QED) is 0.878. The molecule has 0 radical (unpaired) electrons. The van der Waals surface area contributed by atoms with Crippen LogP contribution in [0.15, 0.2) is 47.4 Å². The van der Waals surface area contributed by atoms with E-state index in [1.807, 2.05) is 19.1 Å². The summed E-state index contributed by atoms with van der Waals surface area (Å²) in [5.74, 6) is 0.274. The van der Waals surface area contributed by atoms with Gasteiger partial charge in [0.2, 0.25) is 5.56 Å². The summed E-state index contributed by atoms with van der Waals surface area (Å²) in [5, 5.41) is 2.75. The first-order valence-electron chi connectivity index (χ1n) is 6.42. The Morgan fingerprint density at radius 3 is 2.85 bits per heavy atom. The fourth-order valence-electron chi connectivity index (χ4n) is 1.69. The third-order valence-corrected chi connectivity index (χ3v) is 2.63. The monoisotopic (exact) mass is 272 g/mol. The number of H-pyrrole nitrogens is 1. The van der Waals surface area contributed by atoms with Gasteiger partial charge in [0.15, 0.2) is 0 Å². The first-order chi connectivity index (χ1) is 9.70. The number of para-hydroxylation sites is 2. The van der Waals surface area contributed by atoms with E-state index < -0.39 is 0 Å². The molecule has 2 aromatic rings. The molecule has 5 nitrogen and oxygen atoms in total. The average Bonchev–Trinajstić information content (AvgIpc) is 2.46. The molecule has 1 heterocycles. The number of aromatic nitrogens is 1. The molecule has 1 amide bonds. The highest BCUT2D eigenvalue weighted by Gasteiger charge is 2.09. The maximum Gasteiger partial charge on any atom is 0.256 e. The molecule has 0 aliphatic carbocycles. The topological polar surface area (TPSA) is 71.2 Å². The molecule has 2 N–H and O–H groups in total. The zero-order chi connectivity index (χ0) is 14.4. The number of hydrogen-bond donors (Lipinski definition) is 2. The fourth-order valence-corrected chi connectivity index (χ4v) is 1.69. The van der Waals surface area contributed by atoms with Crippen LogP contribution in [0.4, 0.5) is 5.69 Å². The number of aromatic amines is 1. The lowest BCUT2D eigenvalue weighted by molar-refractivity contribution is 0.102. The van der Waals surface area contributed by atoms with Crippen molar-refractivity contribution in [3.63, 3.8) is 0 Å². The van der Waals surface area contributed by atoms with Gasteiger partial charge in [-0.1, -0.05) is 19.1 Å². The summed E-state index contributed by atoms with van der Waals surface area (Å²) in [6.07, 6.45) is 2.33. The Balaban J connectivity index is 2.17. The fraction of sp³-hybridized carbons (Fsp3) is 0.200. The second-order valence-corrected chi connectivity index (χ2v) is 4.24. The van der Waals surface area contributed by atoms with Gasteiger partial charge in [-0.2, -0.15) is 0 Å². The minimum atomic E-state index is -0.344. The Kier molecular flexibility index (Phi) is 4.55. The number of carbonyl (C=O) groups is 1. The molecule has 0 spiro atoms. The summed E-state index contributed by atoms with van der Waals surface area (Å²) in [6.45, 7) is 2.59. The number of pyridine rings is 1. The van der Waals surface area contributed by atoms with Crippen molar-refractivity contribution in [2.24, 2.45) is 0 Å². The molecule has 5 heteroatoms. The summed E-state index contributed by atoms with van der Waals surface area (Å²) in [5.41, 5.74) is 0.582. The molecular weight excluding hydrogens is 256 g/mol. The van der Waals surface area contributed by atoms with Crippen LogP contribution in [-0.2, 0) is 0 Å². The third kappa shape index (κ3) is 3.47. The summed E-state index contributed by atoms with van der Waals surface area (Å²) in [7, 11) is 0. The first kappa shape index (κ1) is 13.9. The van der Waals surface area contributed by atoms with Gasteiger partial charge in [0.1, 0.15) is 5.75 Å². The van der Waals surface area contributed by atoms with Crippen LogP contribution in [0, 0.1) is 0 Å². The number of nitrogens with one attached hydrogen (secondary N) is 2. The lowest BCUT2D eigenvalue weighted by Gasteiger charge is -2.11. The number of carbonyl (C=O) groups excluding carboxylic acids is 1. The molecule has 2 rings (SSSR count). The minimum Gasteiger partial charge on any atom is -0.491 e. The molecule has 104 valence electrons. The van der Waals surface area contributed by atoms with Crippen molar-refractivity contribution in [2.45, 2.75) is 13.3 Å². The standard InChI is InChI=1S/C15H16N2O3/c1-2-9-20-13-6-4-3-5-12(13)17-15(19)11-7-8-16-14(18)10-11/h3-8,10H,2,9H2,1H3,(H,16,18)(H,17,19). The van der Waals surface area contributed by atoms with Crippen molar-refractivity contribution >= 4 is 11.6 Å². The van der Waals surface area contributed by atoms with Crippen molar-refractivity contribution < 1.29 is 9.53 Å². The number of anilines is 1. The molecule has 0 aliphatic heterocycles. The van der Waals surface area contributed by atoms with Crippen LogP contribution in [0.3, 0.4) is 0 Å². The highest BCUT2D eigenvalue weighted by Crippen LogP contribution is 2.24. The van der Waals surface area contributed by atoms with Crippen molar-refractivity contribution in [3.05, 3.63) is 58.5 Å². The molecule has 0 saturated carbocycles. The van der Waals surface area contributed by atoms with Gasteiger partial charge in [-0.15, -0.1) is 0 Å². The van der Waals surface area contributed by atoms with Crippen LogP contribution < -0.4 is 15.6 Å². The number of amides is 1. The van der Waals surface area contributed by atoms with Crippen LogP contribution >= 0.6 is 0 Å². The van der Waals surface area contributed by atoms with Crippen molar-refractivity contribution in [1.82, 2.24) is 4.98 Å². The molecule has 0 aliphatic rings. The molecule has 0 saturated heterocycles. The first-order valence-corrected chi connectivity index (χ1v) is 6.42. The highest BCUT2D eigenvalue weighted by molar-refractivity contribution is 6.04. The summed E-state index contributed by atoms with van der Waals surface area (Å²) in [4.78, 5) is 25.7. The Morgan fingerprint density at radius 2 is 2.10 bits per heavy atom. The molecule has 20 heavy (non-hydrogen) atoms. The number of rotatable bonds is 5. The van der Waals surface area contributed by atoms with Gasteiger partial charge in [-0.3, -0.25) is 9.59 Å². The van der Waals surface area contributed by atoms with E-state index in [0.717, 1.165) is 6.42 Å². The van der Waals surface area contributed by atoms with Gasteiger partial charge < -0.3 is 15.0 Å². The maximum absolute atomic E-state index is 12.1. The van der Waals surface area contributed by atoms with E-state index in [-0.39, 0.29) is 11.5 Å². The predicted molar refractivity (Wildman–Crippen MR) is 77.2 cm³/mol. The summed E-state index contributed by atoms with van der Waals surface area (Å²) < 4.78 is 5.56. The SMILES string of the molecule is CCCOc1ccccc1NC(=O)c1cc[nH]c(=O)c1. The van der Waals surface area contributed by atoms with Gasteiger partial charge >= 0.3 is 0 Å². The van der Waals surface area contributed by atoms with Gasteiger partial charge in [0.05, 0.1) is 12.3 Å². The number of benzene rings is 1. The molecule has 0 atom stereocenters. The van der Waals surface area contributed by atoms with E-state index in [4.69, 9.17) is 4.74 Å². The third-order valence-electron chi connectivity index (χ3n) is 2.63. The lowest BCUT2D eigenvalue weighted by atomic mass is 10.2. The minimum absolute atomic E-state index is 0.305. The van der Waals surface area contributed by atoms with E-state index >= 15 is 0 Å². The second kappa shape index (κ2) is 6.56. The molecule has 0 bridgehead atoms. The summed E-state index contributed by atoms with van der Waals surface area (Å²) in [6, 6.07) is 10.0. The zero-order valence-corrected chi connectivity index (χ0v) is 11.2. The normalized spacial score (nSPS) is 10.1. The van der Waals surface area contributed by atoms with Crippen molar-refractivity contribution in [2.75, 3.05) is 11.9 Å².